The molecular weight excluding hydrogens is 402 g/mol. The van der Waals surface area contributed by atoms with Crippen LogP contribution in [-0.4, -0.2) is 42.6 Å². The van der Waals surface area contributed by atoms with Gasteiger partial charge in [-0.05, 0) is 59.8 Å². The topological polar surface area (TPSA) is 72.9 Å². The van der Waals surface area contributed by atoms with E-state index in [1.807, 2.05) is 0 Å². The molecule has 0 radical (unpaired) electrons. The van der Waals surface area contributed by atoms with Crippen LogP contribution in [0.15, 0.2) is 47.4 Å². The molecule has 0 aromatic heterocycles. The largest absolute Gasteiger partial charge is 0.493 e. The van der Waals surface area contributed by atoms with Crippen molar-refractivity contribution in [1.29, 1.82) is 0 Å². The molecular formula is C20H16ClNO5S. The van der Waals surface area contributed by atoms with E-state index < -0.39 is 11.1 Å². The third kappa shape index (κ3) is 4.21. The summed E-state index contributed by atoms with van der Waals surface area (Å²) in [6, 6.07) is 11.4. The van der Waals surface area contributed by atoms with E-state index in [9.17, 15) is 14.4 Å². The third-order valence-electron chi connectivity index (χ3n) is 4.05. The Balaban J connectivity index is 1.78. The lowest BCUT2D eigenvalue weighted by Gasteiger charge is -2.11. The van der Waals surface area contributed by atoms with E-state index in [4.69, 9.17) is 21.1 Å². The van der Waals surface area contributed by atoms with Crippen LogP contribution in [0.25, 0.3) is 6.08 Å². The molecule has 0 saturated carbocycles. The summed E-state index contributed by atoms with van der Waals surface area (Å²) in [5.74, 6) is 0.216. The number of ketones is 1. The summed E-state index contributed by atoms with van der Waals surface area (Å²) in [7, 11) is 3.04. The van der Waals surface area contributed by atoms with Crippen LogP contribution in [0.1, 0.15) is 15.9 Å². The van der Waals surface area contributed by atoms with Crippen LogP contribution >= 0.6 is 23.4 Å². The fourth-order valence-corrected chi connectivity index (χ4v) is 3.57. The molecule has 1 aliphatic rings. The minimum atomic E-state index is -0.507. The van der Waals surface area contributed by atoms with Crippen molar-refractivity contribution >= 4 is 46.4 Å². The summed E-state index contributed by atoms with van der Waals surface area (Å²) in [6.07, 6.45) is 1.58. The van der Waals surface area contributed by atoms with Crippen LogP contribution in [0, 0.1) is 0 Å². The molecule has 0 spiro atoms. The van der Waals surface area contributed by atoms with Crippen LogP contribution in [0.5, 0.6) is 11.5 Å². The maximum Gasteiger partial charge on any atom is 0.293 e. The van der Waals surface area contributed by atoms with Gasteiger partial charge in [0.25, 0.3) is 11.1 Å². The standard InChI is InChI=1S/C20H16ClNO5S/c1-26-16-8-3-12(9-17(16)27-2)10-18-19(24)22(20(25)28-18)11-15(23)13-4-6-14(21)7-5-13/h3-10H,11H2,1-2H3. The highest BCUT2D eigenvalue weighted by molar-refractivity contribution is 8.18. The molecule has 0 N–H and O–H groups in total. The molecule has 0 aliphatic carbocycles. The zero-order chi connectivity index (χ0) is 20.3. The van der Waals surface area contributed by atoms with E-state index in [1.165, 1.54) is 14.2 Å². The van der Waals surface area contributed by atoms with Crippen molar-refractivity contribution in [2.45, 2.75) is 0 Å². The van der Waals surface area contributed by atoms with Crippen molar-refractivity contribution in [2.24, 2.45) is 0 Å². The fraction of sp³-hybridized carbons (Fsp3) is 0.150. The number of hydrogen-bond donors (Lipinski definition) is 0. The predicted molar refractivity (Wildman–Crippen MR) is 108 cm³/mol. The van der Waals surface area contributed by atoms with Gasteiger partial charge in [-0.15, -0.1) is 0 Å². The summed E-state index contributed by atoms with van der Waals surface area (Å²) >= 11 is 6.61. The van der Waals surface area contributed by atoms with Gasteiger partial charge < -0.3 is 9.47 Å². The van der Waals surface area contributed by atoms with Crippen molar-refractivity contribution in [2.75, 3.05) is 20.8 Å². The average Bonchev–Trinajstić information content (AvgIpc) is 2.95. The number of hydrogen-bond acceptors (Lipinski definition) is 6. The molecule has 0 bridgehead atoms. The smallest absolute Gasteiger partial charge is 0.293 e. The molecule has 8 heteroatoms. The number of nitrogens with zero attached hydrogens (tertiary/aromatic N) is 1. The fourth-order valence-electron chi connectivity index (χ4n) is 2.60. The molecule has 2 amide bonds. The Hall–Kier alpha value is -2.77. The Morgan fingerprint density at radius 3 is 2.39 bits per heavy atom. The van der Waals surface area contributed by atoms with Crippen LogP contribution in [0.2, 0.25) is 5.02 Å². The van der Waals surface area contributed by atoms with Gasteiger partial charge in [0, 0.05) is 10.6 Å². The number of amides is 2. The van der Waals surface area contributed by atoms with Gasteiger partial charge in [0.2, 0.25) is 0 Å². The van der Waals surface area contributed by atoms with E-state index in [2.05, 4.69) is 0 Å². The number of carbonyl (C=O) groups excluding carboxylic acids is 3. The summed E-state index contributed by atoms with van der Waals surface area (Å²) in [4.78, 5) is 38.4. The molecule has 6 nitrogen and oxygen atoms in total. The third-order valence-corrected chi connectivity index (χ3v) is 5.21. The van der Waals surface area contributed by atoms with Crippen LogP contribution < -0.4 is 9.47 Å². The second kappa shape index (κ2) is 8.50. The van der Waals surface area contributed by atoms with Gasteiger partial charge in [0.15, 0.2) is 17.3 Å². The molecule has 2 aromatic carbocycles. The highest BCUT2D eigenvalue weighted by Crippen LogP contribution is 2.34. The van der Waals surface area contributed by atoms with Crippen molar-refractivity contribution in [3.8, 4) is 11.5 Å². The second-order valence-electron chi connectivity index (χ2n) is 5.81. The SMILES string of the molecule is COc1ccc(C=C2SC(=O)N(CC(=O)c3ccc(Cl)cc3)C2=O)cc1OC. The van der Waals surface area contributed by atoms with Crippen molar-refractivity contribution in [1.82, 2.24) is 4.90 Å². The highest BCUT2D eigenvalue weighted by Gasteiger charge is 2.36. The minimum Gasteiger partial charge on any atom is -0.493 e. The minimum absolute atomic E-state index is 0.237. The number of Topliss-reactive ketones (excluding diaryl/α,β-unsaturated/α-hetero) is 1. The molecule has 1 aliphatic heterocycles. The van der Waals surface area contributed by atoms with Crippen LogP contribution in [0.4, 0.5) is 4.79 Å². The van der Waals surface area contributed by atoms with Gasteiger partial charge >= 0.3 is 0 Å². The lowest BCUT2D eigenvalue weighted by molar-refractivity contribution is -0.122. The first-order valence-corrected chi connectivity index (χ1v) is 9.38. The van der Waals surface area contributed by atoms with Gasteiger partial charge in [0.1, 0.15) is 0 Å². The van der Waals surface area contributed by atoms with Gasteiger partial charge in [0.05, 0.1) is 25.7 Å². The number of imide groups is 1. The summed E-state index contributed by atoms with van der Waals surface area (Å²) in [5, 5.41) is 0.0135. The quantitative estimate of drug-likeness (QED) is 0.516. The Morgan fingerprint density at radius 2 is 1.75 bits per heavy atom. The number of ether oxygens (including phenoxy) is 2. The number of carbonyl (C=O) groups is 3. The van der Waals surface area contributed by atoms with E-state index in [-0.39, 0.29) is 17.2 Å². The second-order valence-corrected chi connectivity index (χ2v) is 7.24. The number of rotatable bonds is 6. The number of thioether (sulfide) groups is 1. The monoisotopic (exact) mass is 417 g/mol. The summed E-state index contributed by atoms with van der Waals surface area (Å²) < 4.78 is 10.4. The van der Waals surface area contributed by atoms with Crippen LogP contribution in [-0.2, 0) is 4.79 Å². The number of halogens is 1. The van der Waals surface area contributed by atoms with E-state index in [1.54, 1.807) is 48.5 Å². The maximum atomic E-state index is 12.6. The Kier molecular flexibility index (Phi) is 6.06. The molecule has 3 rings (SSSR count). The molecule has 1 saturated heterocycles. The molecule has 0 atom stereocenters. The lowest BCUT2D eigenvalue weighted by Crippen LogP contribution is -2.33. The normalized spacial score (nSPS) is 15.2. The Bertz CT molecular complexity index is 971. The number of methoxy groups -OCH3 is 2. The van der Waals surface area contributed by atoms with E-state index >= 15 is 0 Å². The lowest BCUT2D eigenvalue weighted by atomic mass is 10.1. The van der Waals surface area contributed by atoms with Gasteiger partial charge in [-0.1, -0.05) is 17.7 Å². The molecule has 1 heterocycles. The average molecular weight is 418 g/mol. The first-order chi connectivity index (χ1) is 13.4. The maximum absolute atomic E-state index is 12.6. The van der Waals surface area contributed by atoms with E-state index in [0.717, 1.165) is 16.7 Å². The first-order valence-electron chi connectivity index (χ1n) is 8.19. The summed E-state index contributed by atoms with van der Waals surface area (Å²) in [6.45, 7) is -0.324. The van der Waals surface area contributed by atoms with Crippen LogP contribution in [0.3, 0.4) is 0 Å². The van der Waals surface area contributed by atoms with Crippen molar-refractivity contribution in [3.63, 3.8) is 0 Å². The number of benzene rings is 2. The zero-order valence-electron chi connectivity index (χ0n) is 15.1. The Morgan fingerprint density at radius 1 is 1.07 bits per heavy atom. The molecule has 28 heavy (non-hydrogen) atoms. The highest BCUT2D eigenvalue weighted by atomic mass is 35.5. The summed E-state index contributed by atoms with van der Waals surface area (Å²) in [5.41, 5.74) is 1.06. The molecule has 0 unspecified atom stereocenters. The zero-order valence-corrected chi connectivity index (χ0v) is 16.7. The van der Waals surface area contributed by atoms with Gasteiger partial charge in [-0.2, -0.15) is 0 Å². The predicted octanol–water partition coefficient (Wildman–Crippen LogP) is 4.28. The van der Waals surface area contributed by atoms with Gasteiger partial charge in [-0.25, -0.2) is 0 Å². The van der Waals surface area contributed by atoms with E-state index in [0.29, 0.717) is 27.6 Å². The van der Waals surface area contributed by atoms with Crippen molar-refractivity contribution in [3.05, 3.63) is 63.5 Å². The first kappa shape index (κ1) is 20.0. The Labute approximate surface area is 171 Å². The van der Waals surface area contributed by atoms with Gasteiger partial charge in [-0.3, -0.25) is 19.3 Å². The van der Waals surface area contributed by atoms with Crippen molar-refractivity contribution < 1.29 is 23.9 Å². The molecule has 144 valence electrons. The molecule has 1 fully saturated rings. The molecule has 2 aromatic rings.